The highest BCUT2D eigenvalue weighted by molar-refractivity contribution is 6.30. The summed E-state index contributed by atoms with van der Waals surface area (Å²) >= 11 is 5.99. The number of carbonyl (C=O) groups is 1. The fourth-order valence-electron chi connectivity index (χ4n) is 3.17. The lowest BCUT2D eigenvalue weighted by Gasteiger charge is -2.22. The van der Waals surface area contributed by atoms with Crippen LogP contribution in [0.15, 0.2) is 54.6 Å². The van der Waals surface area contributed by atoms with Crippen LogP contribution >= 0.6 is 24.0 Å². The van der Waals surface area contributed by atoms with Crippen LogP contribution in [-0.2, 0) is 4.79 Å². The molecule has 3 nitrogen and oxygen atoms in total. The molecule has 1 aliphatic rings. The summed E-state index contributed by atoms with van der Waals surface area (Å²) in [6.07, 6.45) is 2.57. The van der Waals surface area contributed by atoms with Crippen molar-refractivity contribution in [2.75, 3.05) is 0 Å². The van der Waals surface area contributed by atoms with Crippen LogP contribution in [0.4, 0.5) is 0 Å². The Morgan fingerprint density at radius 3 is 2.25 bits per heavy atom. The van der Waals surface area contributed by atoms with Crippen molar-refractivity contribution in [3.05, 3.63) is 70.7 Å². The first-order chi connectivity index (χ1) is 11.1. The quantitative estimate of drug-likeness (QED) is 0.857. The summed E-state index contributed by atoms with van der Waals surface area (Å²) in [7, 11) is 0. The molecule has 0 bridgehead atoms. The minimum absolute atomic E-state index is 0. The van der Waals surface area contributed by atoms with Crippen LogP contribution in [-0.4, -0.2) is 11.9 Å². The molecule has 0 saturated heterocycles. The molecule has 0 heterocycles. The van der Waals surface area contributed by atoms with Crippen molar-refractivity contribution in [2.45, 2.75) is 31.3 Å². The van der Waals surface area contributed by atoms with E-state index in [0.29, 0.717) is 5.02 Å². The van der Waals surface area contributed by atoms with Crippen molar-refractivity contribution in [1.29, 1.82) is 0 Å². The maximum atomic E-state index is 12.6. The molecular weight excluding hydrogens is 343 g/mol. The molecule has 3 rings (SSSR count). The molecule has 3 unspecified atom stereocenters. The summed E-state index contributed by atoms with van der Waals surface area (Å²) in [5.41, 5.74) is 8.02. The molecule has 2 aromatic rings. The van der Waals surface area contributed by atoms with Crippen molar-refractivity contribution in [3.63, 3.8) is 0 Å². The largest absolute Gasteiger partial charge is 0.345 e. The van der Waals surface area contributed by atoms with Crippen molar-refractivity contribution in [1.82, 2.24) is 5.32 Å². The highest BCUT2D eigenvalue weighted by Crippen LogP contribution is 2.28. The maximum Gasteiger partial charge on any atom is 0.223 e. The van der Waals surface area contributed by atoms with E-state index >= 15 is 0 Å². The van der Waals surface area contributed by atoms with Gasteiger partial charge >= 0.3 is 0 Å². The van der Waals surface area contributed by atoms with Crippen molar-refractivity contribution in [2.24, 2.45) is 11.7 Å². The molecule has 2 aromatic carbocycles. The van der Waals surface area contributed by atoms with Crippen LogP contribution in [0.5, 0.6) is 0 Å². The lowest BCUT2D eigenvalue weighted by molar-refractivity contribution is -0.125. The minimum Gasteiger partial charge on any atom is -0.345 e. The van der Waals surface area contributed by atoms with Crippen molar-refractivity contribution in [3.8, 4) is 0 Å². The average molecular weight is 365 g/mol. The van der Waals surface area contributed by atoms with Gasteiger partial charge in [0.15, 0.2) is 0 Å². The molecule has 0 radical (unpaired) electrons. The number of amides is 1. The lowest BCUT2D eigenvalue weighted by Crippen LogP contribution is -2.34. The van der Waals surface area contributed by atoms with Gasteiger partial charge in [0.25, 0.3) is 0 Å². The van der Waals surface area contributed by atoms with Gasteiger partial charge in [0.2, 0.25) is 5.91 Å². The molecule has 128 valence electrons. The summed E-state index contributed by atoms with van der Waals surface area (Å²) in [6, 6.07) is 17.6. The Kier molecular flexibility index (Phi) is 6.67. The Morgan fingerprint density at radius 1 is 1.04 bits per heavy atom. The van der Waals surface area contributed by atoms with Gasteiger partial charge in [0, 0.05) is 17.0 Å². The highest BCUT2D eigenvalue weighted by Gasteiger charge is 2.29. The van der Waals surface area contributed by atoms with E-state index < -0.39 is 0 Å². The Balaban J connectivity index is 0.00000208. The van der Waals surface area contributed by atoms with Crippen LogP contribution in [0.3, 0.4) is 0 Å². The number of rotatable bonds is 4. The third kappa shape index (κ3) is 4.50. The molecule has 3 N–H and O–H groups in total. The molecule has 0 aliphatic heterocycles. The number of nitrogens with one attached hydrogen (secondary N) is 1. The zero-order chi connectivity index (χ0) is 16.2. The standard InChI is InChI=1S/C19H21ClN2O.ClH/c20-16-9-6-14(7-10-16)18(13-4-2-1-3-5-13)22-19(23)15-8-11-17(21)12-15;/h1-7,9-10,15,17-18H,8,11-12,21H2,(H,22,23);1H. The molecule has 1 aliphatic carbocycles. The predicted octanol–water partition coefficient (Wildman–Crippen LogP) is 4.09. The normalized spacial score (nSPS) is 20.9. The van der Waals surface area contributed by atoms with E-state index in [1.807, 2.05) is 54.6 Å². The van der Waals surface area contributed by atoms with Gasteiger partial charge in [0.05, 0.1) is 6.04 Å². The molecule has 0 spiro atoms. The highest BCUT2D eigenvalue weighted by atomic mass is 35.5. The number of hydrogen-bond acceptors (Lipinski definition) is 2. The monoisotopic (exact) mass is 364 g/mol. The second-order valence-electron chi connectivity index (χ2n) is 6.17. The number of halogens is 2. The van der Waals surface area contributed by atoms with Gasteiger partial charge in [-0.15, -0.1) is 12.4 Å². The lowest BCUT2D eigenvalue weighted by atomic mass is 9.97. The van der Waals surface area contributed by atoms with Gasteiger partial charge in [-0.05, 0) is 42.5 Å². The summed E-state index contributed by atoms with van der Waals surface area (Å²) in [5, 5.41) is 3.88. The molecule has 1 amide bonds. The zero-order valence-electron chi connectivity index (χ0n) is 13.3. The number of nitrogens with two attached hydrogens (primary N) is 1. The van der Waals surface area contributed by atoms with Gasteiger partial charge in [-0.1, -0.05) is 54.1 Å². The Morgan fingerprint density at radius 2 is 1.67 bits per heavy atom. The van der Waals surface area contributed by atoms with Gasteiger partial charge in [0.1, 0.15) is 0 Å². The van der Waals surface area contributed by atoms with Gasteiger partial charge in [-0.3, -0.25) is 4.79 Å². The van der Waals surface area contributed by atoms with Crippen LogP contribution in [0, 0.1) is 5.92 Å². The number of carbonyl (C=O) groups excluding carboxylic acids is 1. The molecule has 1 fully saturated rings. The Hall–Kier alpha value is -1.55. The number of benzene rings is 2. The SMILES string of the molecule is Cl.NC1CCC(C(=O)NC(c2ccccc2)c2ccc(Cl)cc2)C1. The van der Waals surface area contributed by atoms with Crippen molar-refractivity contribution >= 4 is 29.9 Å². The van der Waals surface area contributed by atoms with E-state index in [1.54, 1.807) is 0 Å². The maximum absolute atomic E-state index is 12.6. The third-order valence-electron chi connectivity index (χ3n) is 4.47. The fourth-order valence-corrected chi connectivity index (χ4v) is 3.30. The summed E-state index contributed by atoms with van der Waals surface area (Å²) in [6.45, 7) is 0. The van der Waals surface area contributed by atoms with Crippen LogP contribution in [0.2, 0.25) is 5.02 Å². The summed E-state index contributed by atoms with van der Waals surface area (Å²) in [4.78, 5) is 12.6. The first-order valence-corrected chi connectivity index (χ1v) is 8.37. The van der Waals surface area contributed by atoms with E-state index in [2.05, 4.69) is 5.32 Å². The second-order valence-corrected chi connectivity index (χ2v) is 6.61. The van der Waals surface area contributed by atoms with E-state index in [4.69, 9.17) is 17.3 Å². The number of hydrogen-bond donors (Lipinski definition) is 2. The zero-order valence-corrected chi connectivity index (χ0v) is 14.9. The molecule has 1 saturated carbocycles. The van der Waals surface area contributed by atoms with Gasteiger partial charge in [-0.25, -0.2) is 0 Å². The van der Waals surface area contributed by atoms with Crippen molar-refractivity contribution < 1.29 is 4.79 Å². The summed E-state index contributed by atoms with van der Waals surface area (Å²) < 4.78 is 0. The van der Waals surface area contributed by atoms with E-state index in [-0.39, 0.29) is 36.3 Å². The first kappa shape index (κ1) is 18.8. The Labute approximate surface area is 154 Å². The van der Waals surface area contributed by atoms with E-state index in [1.165, 1.54) is 0 Å². The molecule has 5 heteroatoms. The molecular formula is C19H22Cl2N2O. The summed E-state index contributed by atoms with van der Waals surface area (Å²) in [5.74, 6) is 0.102. The smallest absolute Gasteiger partial charge is 0.223 e. The van der Waals surface area contributed by atoms with Gasteiger partial charge in [-0.2, -0.15) is 0 Å². The van der Waals surface area contributed by atoms with Crippen LogP contribution < -0.4 is 11.1 Å². The minimum atomic E-state index is -0.169. The molecule has 3 atom stereocenters. The van der Waals surface area contributed by atoms with Crippen LogP contribution in [0.1, 0.15) is 36.4 Å². The Bertz CT molecular complexity index is 661. The predicted molar refractivity (Wildman–Crippen MR) is 100 cm³/mol. The topological polar surface area (TPSA) is 55.1 Å². The fraction of sp³-hybridized carbons (Fsp3) is 0.316. The first-order valence-electron chi connectivity index (χ1n) is 8.00. The van der Waals surface area contributed by atoms with Crippen LogP contribution in [0.25, 0.3) is 0 Å². The average Bonchev–Trinajstić information content (AvgIpc) is 3.01. The molecule has 24 heavy (non-hydrogen) atoms. The second kappa shape index (κ2) is 8.52. The van der Waals surface area contributed by atoms with E-state index in [9.17, 15) is 4.79 Å². The van der Waals surface area contributed by atoms with E-state index in [0.717, 1.165) is 30.4 Å². The van der Waals surface area contributed by atoms with Gasteiger partial charge < -0.3 is 11.1 Å². The molecule has 0 aromatic heterocycles. The third-order valence-corrected chi connectivity index (χ3v) is 4.72.